The van der Waals surface area contributed by atoms with Crippen LogP contribution < -0.4 is 10.5 Å². The Morgan fingerprint density at radius 1 is 1.58 bits per heavy atom. The molecule has 0 spiro atoms. The van der Waals surface area contributed by atoms with Crippen molar-refractivity contribution in [3.63, 3.8) is 0 Å². The third-order valence-electron chi connectivity index (χ3n) is 1.10. The summed E-state index contributed by atoms with van der Waals surface area (Å²) < 4.78 is 17.7. The van der Waals surface area contributed by atoms with E-state index in [9.17, 15) is 9.18 Å². The summed E-state index contributed by atoms with van der Waals surface area (Å²) in [5, 5.41) is 0. The molecule has 0 heterocycles. The molecule has 5 heteroatoms. The molecular formula is C7H5BrFNO2. The largest absolute Gasteiger partial charge is 0.410 e. The number of halogens is 2. The highest BCUT2D eigenvalue weighted by atomic mass is 79.9. The number of rotatable bonds is 1. The first-order valence-electron chi connectivity index (χ1n) is 3.02. The maximum atomic E-state index is 12.8. The van der Waals surface area contributed by atoms with Crippen LogP contribution in [0.1, 0.15) is 0 Å². The molecular weight excluding hydrogens is 229 g/mol. The Morgan fingerprint density at radius 2 is 2.25 bits per heavy atom. The van der Waals surface area contributed by atoms with Crippen LogP contribution in [0.5, 0.6) is 5.75 Å². The molecule has 0 bridgehead atoms. The van der Waals surface area contributed by atoms with E-state index in [2.05, 4.69) is 20.7 Å². The van der Waals surface area contributed by atoms with Crippen molar-refractivity contribution in [1.82, 2.24) is 0 Å². The molecule has 0 saturated carbocycles. The van der Waals surface area contributed by atoms with Gasteiger partial charge >= 0.3 is 6.09 Å². The number of amides is 1. The van der Waals surface area contributed by atoms with Crippen molar-refractivity contribution in [3.05, 3.63) is 28.5 Å². The molecule has 1 rings (SSSR count). The molecule has 1 amide bonds. The first-order valence-corrected chi connectivity index (χ1v) is 3.81. The minimum absolute atomic E-state index is 0.183. The predicted molar refractivity (Wildman–Crippen MR) is 44.3 cm³/mol. The Labute approximate surface area is 76.4 Å². The molecule has 2 N–H and O–H groups in total. The van der Waals surface area contributed by atoms with Crippen molar-refractivity contribution in [2.24, 2.45) is 5.73 Å². The van der Waals surface area contributed by atoms with Crippen molar-refractivity contribution < 1.29 is 13.9 Å². The Bertz CT molecular complexity index is 316. The molecule has 0 saturated heterocycles. The molecule has 64 valence electrons. The highest BCUT2D eigenvalue weighted by molar-refractivity contribution is 9.10. The molecule has 0 aliphatic heterocycles. The van der Waals surface area contributed by atoms with Crippen LogP contribution in [0.2, 0.25) is 0 Å². The van der Waals surface area contributed by atoms with E-state index in [1.807, 2.05) is 0 Å². The predicted octanol–water partition coefficient (Wildman–Crippen LogP) is 2.05. The lowest BCUT2D eigenvalue weighted by atomic mass is 10.3. The van der Waals surface area contributed by atoms with E-state index in [1.165, 1.54) is 18.2 Å². The van der Waals surface area contributed by atoms with E-state index in [0.717, 1.165) is 0 Å². The fraction of sp³-hybridized carbons (Fsp3) is 0. The van der Waals surface area contributed by atoms with Gasteiger partial charge in [-0.25, -0.2) is 9.18 Å². The molecule has 0 fully saturated rings. The van der Waals surface area contributed by atoms with Gasteiger partial charge in [-0.1, -0.05) is 15.9 Å². The third kappa shape index (κ3) is 2.20. The second-order valence-corrected chi connectivity index (χ2v) is 2.91. The van der Waals surface area contributed by atoms with Crippen LogP contribution in [-0.2, 0) is 0 Å². The molecule has 12 heavy (non-hydrogen) atoms. The summed E-state index contributed by atoms with van der Waals surface area (Å²) in [6.07, 6.45) is -1.04. The highest BCUT2D eigenvalue weighted by Crippen LogP contribution is 2.21. The van der Waals surface area contributed by atoms with Crippen LogP contribution in [0.4, 0.5) is 9.18 Å². The lowest BCUT2D eigenvalue weighted by molar-refractivity contribution is 0.208. The Kier molecular flexibility index (Phi) is 2.65. The van der Waals surface area contributed by atoms with E-state index in [1.54, 1.807) is 0 Å². The van der Waals surface area contributed by atoms with Crippen LogP contribution in [0, 0.1) is 5.82 Å². The average molecular weight is 234 g/mol. The molecule has 0 radical (unpaired) electrons. The van der Waals surface area contributed by atoms with Gasteiger partial charge in [0.2, 0.25) is 0 Å². The topological polar surface area (TPSA) is 52.3 Å². The molecule has 0 aliphatic carbocycles. The second kappa shape index (κ2) is 3.53. The zero-order valence-corrected chi connectivity index (χ0v) is 7.47. The van der Waals surface area contributed by atoms with Crippen molar-refractivity contribution in [1.29, 1.82) is 0 Å². The fourth-order valence-electron chi connectivity index (χ4n) is 0.664. The molecule has 0 aliphatic rings. The minimum atomic E-state index is -1.04. The van der Waals surface area contributed by atoms with Gasteiger partial charge in [0.05, 0.1) is 0 Å². The number of hydrogen-bond donors (Lipinski definition) is 1. The number of hydrogen-bond acceptors (Lipinski definition) is 2. The molecule has 0 aromatic heterocycles. The summed E-state index contributed by atoms with van der Waals surface area (Å²) in [4.78, 5) is 10.3. The monoisotopic (exact) mass is 233 g/mol. The number of carbonyl (C=O) groups is 1. The Hall–Kier alpha value is -1.10. The molecule has 0 atom stereocenters. The van der Waals surface area contributed by atoms with Crippen LogP contribution >= 0.6 is 15.9 Å². The Balaban J connectivity index is 2.97. The van der Waals surface area contributed by atoms with Crippen LogP contribution in [-0.4, -0.2) is 6.09 Å². The van der Waals surface area contributed by atoms with Gasteiger partial charge in [0, 0.05) is 4.47 Å². The fourth-order valence-corrected chi connectivity index (χ4v) is 1.00. The summed E-state index contributed by atoms with van der Waals surface area (Å²) in [7, 11) is 0. The van der Waals surface area contributed by atoms with E-state index >= 15 is 0 Å². The van der Waals surface area contributed by atoms with Crippen LogP contribution in [0.25, 0.3) is 0 Å². The van der Waals surface area contributed by atoms with Gasteiger partial charge in [0.25, 0.3) is 0 Å². The van der Waals surface area contributed by atoms with Crippen LogP contribution in [0.3, 0.4) is 0 Å². The first kappa shape index (κ1) is 8.99. The smallest absolute Gasteiger partial charge is 0.407 e. The van der Waals surface area contributed by atoms with Gasteiger partial charge in [-0.2, -0.15) is 0 Å². The minimum Gasteiger partial charge on any atom is -0.407 e. The van der Waals surface area contributed by atoms with E-state index in [-0.39, 0.29) is 5.75 Å². The van der Waals surface area contributed by atoms with E-state index in [0.29, 0.717) is 4.47 Å². The lowest BCUT2D eigenvalue weighted by Gasteiger charge is -2.01. The van der Waals surface area contributed by atoms with Gasteiger partial charge in [-0.05, 0) is 18.2 Å². The van der Waals surface area contributed by atoms with Crippen molar-refractivity contribution in [2.45, 2.75) is 0 Å². The van der Waals surface area contributed by atoms with Gasteiger partial charge in [0.15, 0.2) is 11.6 Å². The van der Waals surface area contributed by atoms with Gasteiger partial charge in [-0.15, -0.1) is 0 Å². The first-order chi connectivity index (χ1) is 5.59. The van der Waals surface area contributed by atoms with Crippen molar-refractivity contribution in [2.75, 3.05) is 0 Å². The van der Waals surface area contributed by atoms with E-state index < -0.39 is 11.9 Å². The maximum absolute atomic E-state index is 12.8. The van der Waals surface area contributed by atoms with Gasteiger partial charge < -0.3 is 10.5 Å². The number of benzene rings is 1. The summed E-state index contributed by atoms with van der Waals surface area (Å²) in [5.74, 6) is -0.811. The van der Waals surface area contributed by atoms with Crippen LogP contribution in [0.15, 0.2) is 22.7 Å². The number of nitrogens with two attached hydrogens (primary N) is 1. The SMILES string of the molecule is NC(=O)Oc1cc(Br)ccc1F. The maximum Gasteiger partial charge on any atom is 0.410 e. The lowest BCUT2D eigenvalue weighted by Crippen LogP contribution is -2.16. The summed E-state index contributed by atoms with van der Waals surface area (Å²) in [6, 6.07) is 3.98. The van der Waals surface area contributed by atoms with Gasteiger partial charge in [-0.3, -0.25) is 0 Å². The number of ether oxygens (including phenoxy) is 1. The standard InChI is InChI=1S/C7H5BrFNO2/c8-4-1-2-5(9)6(3-4)12-7(10)11/h1-3H,(H2,10,11). The van der Waals surface area contributed by atoms with E-state index in [4.69, 9.17) is 5.73 Å². The summed E-state index contributed by atoms with van der Waals surface area (Å²) in [6.45, 7) is 0. The van der Waals surface area contributed by atoms with Crippen molar-refractivity contribution >= 4 is 22.0 Å². The normalized spacial score (nSPS) is 9.50. The molecule has 1 aromatic carbocycles. The molecule has 0 unspecified atom stereocenters. The highest BCUT2D eigenvalue weighted by Gasteiger charge is 2.05. The van der Waals surface area contributed by atoms with Gasteiger partial charge in [0.1, 0.15) is 0 Å². The molecule has 1 aromatic rings. The number of carbonyl (C=O) groups excluding carboxylic acids is 1. The molecule has 3 nitrogen and oxygen atoms in total. The zero-order valence-electron chi connectivity index (χ0n) is 5.88. The number of primary amides is 1. The van der Waals surface area contributed by atoms with Crippen molar-refractivity contribution in [3.8, 4) is 5.75 Å². The Morgan fingerprint density at radius 3 is 2.83 bits per heavy atom. The summed E-state index contributed by atoms with van der Waals surface area (Å²) in [5.41, 5.74) is 4.70. The third-order valence-corrected chi connectivity index (χ3v) is 1.60. The zero-order chi connectivity index (χ0) is 9.14. The summed E-state index contributed by atoms with van der Waals surface area (Å²) >= 11 is 3.09. The second-order valence-electron chi connectivity index (χ2n) is 2.00. The average Bonchev–Trinajstić information content (AvgIpc) is 1.96. The quantitative estimate of drug-likeness (QED) is 0.808.